The molecule has 1 aromatic carbocycles. The summed E-state index contributed by atoms with van der Waals surface area (Å²) in [7, 11) is 0. The molecular formula is C20H17F3N4O3. The van der Waals surface area contributed by atoms with Crippen LogP contribution in [0, 0.1) is 17.5 Å². The number of amides is 2. The van der Waals surface area contributed by atoms with Crippen LogP contribution in [0.5, 0.6) is 0 Å². The molecule has 0 aliphatic rings. The van der Waals surface area contributed by atoms with Crippen molar-refractivity contribution in [1.82, 2.24) is 15.0 Å². The number of benzene rings is 1. The SMILES string of the molecule is CCCN(CC(=O)Nc1ccc(F)c(F)c1F)C(=O)c1cc(-c2ccncc2)on1. The second-order valence-corrected chi connectivity index (χ2v) is 6.31. The third kappa shape index (κ3) is 4.65. The van der Waals surface area contributed by atoms with Gasteiger partial charge >= 0.3 is 0 Å². The Morgan fingerprint density at radius 1 is 1.10 bits per heavy atom. The molecule has 7 nitrogen and oxygen atoms in total. The van der Waals surface area contributed by atoms with E-state index in [-0.39, 0.29) is 12.2 Å². The number of hydrogen-bond acceptors (Lipinski definition) is 5. The van der Waals surface area contributed by atoms with Gasteiger partial charge in [0.05, 0.1) is 5.69 Å². The molecule has 0 bridgehead atoms. The minimum absolute atomic E-state index is 0.0120. The number of aromatic nitrogens is 2. The van der Waals surface area contributed by atoms with Gasteiger partial charge in [-0.3, -0.25) is 14.6 Å². The highest BCUT2D eigenvalue weighted by molar-refractivity contribution is 5.98. The minimum atomic E-state index is -1.69. The van der Waals surface area contributed by atoms with Crippen molar-refractivity contribution in [2.75, 3.05) is 18.4 Å². The molecule has 156 valence electrons. The van der Waals surface area contributed by atoms with Crippen LogP contribution >= 0.6 is 0 Å². The monoisotopic (exact) mass is 418 g/mol. The Balaban J connectivity index is 1.72. The first kappa shape index (κ1) is 21.0. The predicted molar refractivity (Wildman–Crippen MR) is 101 cm³/mol. The number of hydrogen-bond donors (Lipinski definition) is 1. The van der Waals surface area contributed by atoms with Crippen molar-refractivity contribution < 1.29 is 27.3 Å². The molecule has 3 rings (SSSR count). The van der Waals surface area contributed by atoms with E-state index in [1.807, 2.05) is 0 Å². The molecule has 0 aliphatic carbocycles. The standard InChI is InChI=1S/C20H17F3N4O3/c1-2-9-27(11-17(28)25-14-4-3-13(21)18(22)19(14)23)20(29)15-10-16(30-26-15)12-5-7-24-8-6-12/h3-8,10H,2,9,11H2,1H3,(H,25,28). The van der Waals surface area contributed by atoms with Crippen LogP contribution in [0.2, 0.25) is 0 Å². The maximum atomic E-state index is 13.8. The number of carbonyl (C=O) groups is 2. The smallest absolute Gasteiger partial charge is 0.276 e. The Bertz CT molecular complexity index is 1060. The highest BCUT2D eigenvalue weighted by Gasteiger charge is 2.23. The lowest BCUT2D eigenvalue weighted by atomic mass is 10.2. The minimum Gasteiger partial charge on any atom is -0.355 e. The number of anilines is 1. The second-order valence-electron chi connectivity index (χ2n) is 6.31. The van der Waals surface area contributed by atoms with Gasteiger partial charge in [0, 0.05) is 30.6 Å². The van der Waals surface area contributed by atoms with Crippen molar-refractivity contribution in [2.24, 2.45) is 0 Å². The molecule has 2 amide bonds. The molecule has 0 atom stereocenters. The maximum absolute atomic E-state index is 13.8. The predicted octanol–water partition coefficient (Wildman–Crippen LogP) is 3.64. The Labute approximate surface area is 169 Å². The lowest BCUT2D eigenvalue weighted by Gasteiger charge is -2.20. The summed E-state index contributed by atoms with van der Waals surface area (Å²) in [5.41, 5.74) is 0.136. The lowest BCUT2D eigenvalue weighted by Crippen LogP contribution is -2.38. The van der Waals surface area contributed by atoms with E-state index >= 15 is 0 Å². The zero-order valence-electron chi connectivity index (χ0n) is 15.9. The number of nitrogens with one attached hydrogen (secondary N) is 1. The largest absolute Gasteiger partial charge is 0.355 e. The second kappa shape index (κ2) is 9.21. The summed E-state index contributed by atoms with van der Waals surface area (Å²) in [6, 6.07) is 6.40. The molecule has 0 aliphatic heterocycles. The molecule has 0 radical (unpaired) electrons. The maximum Gasteiger partial charge on any atom is 0.276 e. The van der Waals surface area contributed by atoms with Gasteiger partial charge < -0.3 is 14.7 Å². The van der Waals surface area contributed by atoms with Gasteiger partial charge in [-0.15, -0.1) is 0 Å². The fourth-order valence-corrected chi connectivity index (χ4v) is 2.70. The summed E-state index contributed by atoms with van der Waals surface area (Å²) in [6.07, 6.45) is 3.66. The van der Waals surface area contributed by atoms with Crippen molar-refractivity contribution in [1.29, 1.82) is 0 Å². The average molecular weight is 418 g/mol. The Morgan fingerprint density at radius 3 is 2.53 bits per heavy atom. The highest BCUT2D eigenvalue weighted by Crippen LogP contribution is 2.21. The van der Waals surface area contributed by atoms with E-state index in [1.54, 1.807) is 31.5 Å². The molecule has 0 saturated heterocycles. The lowest BCUT2D eigenvalue weighted by molar-refractivity contribution is -0.116. The van der Waals surface area contributed by atoms with Gasteiger partial charge in [-0.1, -0.05) is 12.1 Å². The summed E-state index contributed by atoms with van der Waals surface area (Å²) in [5, 5.41) is 5.89. The number of rotatable bonds is 7. The van der Waals surface area contributed by atoms with Gasteiger partial charge in [0.2, 0.25) is 5.91 Å². The topological polar surface area (TPSA) is 88.3 Å². The molecule has 10 heteroatoms. The van der Waals surface area contributed by atoms with Gasteiger partial charge in [-0.25, -0.2) is 13.2 Å². The van der Waals surface area contributed by atoms with Crippen molar-refractivity contribution >= 4 is 17.5 Å². The van der Waals surface area contributed by atoms with Crippen LogP contribution in [0.4, 0.5) is 18.9 Å². The van der Waals surface area contributed by atoms with E-state index in [4.69, 9.17) is 4.52 Å². The molecule has 0 saturated carbocycles. The van der Waals surface area contributed by atoms with Crippen LogP contribution in [-0.2, 0) is 4.79 Å². The number of nitrogens with zero attached hydrogens (tertiary/aromatic N) is 3. The summed E-state index contributed by atoms with van der Waals surface area (Å²) in [5.74, 6) is -5.58. The zero-order chi connectivity index (χ0) is 21.7. The Kier molecular flexibility index (Phi) is 6.45. The van der Waals surface area contributed by atoms with Crippen LogP contribution < -0.4 is 5.32 Å². The third-order valence-electron chi connectivity index (χ3n) is 4.12. The molecule has 2 aromatic heterocycles. The molecule has 0 spiro atoms. The van der Waals surface area contributed by atoms with Crippen molar-refractivity contribution in [3.8, 4) is 11.3 Å². The third-order valence-corrected chi connectivity index (χ3v) is 4.12. The molecule has 0 unspecified atom stereocenters. The Morgan fingerprint density at radius 2 is 1.83 bits per heavy atom. The van der Waals surface area contributed by atoms with Crippen molar-refractivity contribution in [2.45, 2.75) is 13.3 Å². The molecule has 2 heterocycles. The van der Waals surface area contributed by atoms with Crippen molar-refractivity contribution in [3.05, 3.63) is 65.9 Å². The van der Waals surface area contributed by atoms with E-state index in [0.717, 1.165) is 6.07 Å². The zero-order valence-corrected chi connectivity index (χ0v) is 15.9. The normalized spacial score (nSPS) is 10.7. The fourth-order valence-electron chi connectivity index (χ4n) is 2.70. The Hall–Kier alpha value is -3.69. The van der Waals surface area contributed by atoms with Crippen LogP contribution in [0.15, 0.2) is 47.2 Å². The number of halogens is 3. The van der Waals surface area contributed by atoms with Gasteiger partial charge in [-0.05, 0) is 30.7 Å². The van der Waals surface area contributed by atoms with Gasteiger partial charge in [0.1, 0.15) is 6.54 Å². The summed E-state index contributed by atoms with van der Waals surface area (Å²) in [4.78, 5) is 30.1. The number of carbonyl (C=O) groups excluding carboxylic acids is 2. The first-order chi connectivity index (χ1) is 14.4. The first-order valence-corrected chi connectivity index (χ1v) is 9.00. The van der Waals surface area contributed by atoms with Crippen LogP contribution in [0.1, 0.15) is 23.8 Å². The van der Waals surface area contributed by atoms with Crippen LogP contribution in [0.25, 0.3) is 11.3 Å². The molecule has 1 N–H and O–H groups in total. The van der Waals surface area contributed by atoms with Gasteiger partial charge in [0.25, 0.3) is 5.91 Å². The van der Waals surface area contributed by atoms with E-state index in [0.29, 0.717) is 23.8 Å². The fraction of sp³-hybridized carbons (Fsp3) is 0.200. The van der Waals surface area contributed by atoms with E-state index in [2.05, 4.69) is 15.5 Å². The van der Waals surface area contributed by atoms with Crippen LogP contribution in [0.3, 0.4) is 0 Å². The van der Waals surface area contributed by atoms with Gasteiger partial charge in [0.15, 0.2) is 28.9 Å². The van der Waals surface area contributed by atoms with Gasteiger partial charge in [-0.2, -0.15) is 0 Å². The molecule has 3 aromatic rings. The number of pyridine rings is 1. The molecular weight excluding hydrogens is 401 g/mol. The van der Waals surface area contributed by atoms with Crippen molar-refractivity contribution in [3.63, 3.8) is 0 Å². The van der Waals surface area contributed by atoms with E-state index < -0.39 is 41.5 Å². The van der Waals surface area contributed by atoms with Crippen LogP contribution in [-0.4, -0.2) is 39.9 Å². The average Bonchev–Trinajstić information content (AvgIpc) is 3.24. The molecule has 0 fully saturated rings. The summed E-state index contributed by atoms with van der Waals surface area (Å²) < 4.78 is 45.3. The highest BCUT2D eigenvalue weighted by atomic mass is 19.2. The summed E-state index contributed by atoms with van der Waals surface area (Å²) >= 11 is 0. The first-order valence-electron chi connectivity index (χ1n) is 9.00. The molecule has 30 heavy (non-hydrogen) atoms. The van der Waals surface area contributed by atoms with E-state index in [9.17, 15) is 22.8 Å². The van der Waals surface area contributed by atoms with E-state index in [1.165, 1.54) is 11.0 Å². The summed E-state index contributed by atoms with van der Waals surface area (Å²) in [6.45, 7) is 1.57. The quantitative estimate of drug-likeness (QED) is 0.592.